The molecule has 1 aromatic heterocycles. The predicted octanol–water partition coefficient (Wildman–Crippen LogP) is 18.6. The van der Waals surface area contributed by atoms with Crippen LogP contribution in [0.4, 0.5) is 51.2 Å². The van der Waals surface area contributed by atoms with Gasteiger partial charge in [-0.3, -0.25) is 0 Å². The summed E-state index contributed by atoms with van der Waals surface area (Å²) in [5.74, 6) is 0.521. The van der Waals surface area contributed by atoms with Crippen molar-refractivity contribution < 1.29 is 0 Å². The third kappa shape index (κ3) is 7.55. The first-order valence-electron chi connectivity index (χ1n) is 28.7. The maximum atomic E-state index is 2.76. The molecule has 7 aromatic carbocycles. The quantitative estimate of drug-likeness (QED) is 0.159. The molecule has 13 rings (SSSR count). The van der Waals surface area contributed by atoms with Gasteiger partial charge in [0, 0.05) is 54.7 Å². The van der Waals surface area contributed by atoms with Crippen molar-refractivity contribution >= 4 is 95.0 Å². The van der Waals surface area contributed by atoms with E-state index in [2.05, 4.69) is 262 Å². The Morgan fingerprint density at radius 1 is 0.500 bits per heavy atom. The lowest BCUT2D eigenvalue weighted by molar-refractivity contribution is 0.332. The maximum Gasteiger partial charge on any atom is 0.264 e. The maximum absolute atomic E-state index is 2.76. The smallest absolute Gasteiger partial charge is 0.264 e. The molecule has 5 aliphatic rings. The van der Waals surface area contributed by atoms with Crippen LogP contribution in [0, 0.1) is 0 Å². The van der Waals surface area contributed by atoms with E-state index in [4.69, 9.17) is 0 Å². The molecule has 0 saturated carbocycles. The highest BCUT2D eigenvalue weighted by Crippen LogP contribution is 2.56. The van der Waals surface area contributed by atoms with Gasteiger partial charge in [-0.2, -0.15) is 0 Å². The van der Waals surface area contributed by atoms with E-state index in [-0.39, 0.29) is 39.2 Å². The van der Waals surface area contributed by atoms with Crippen LogP contribution in [-0.4, -0.2) is 6.71 Å². The number of fused-ring (bicyclic) bond motifs is 9. The minimum atomic E-state index is -0.0473. The van der Waals surface area contributed by atoms with E-state index in [1.807, 2.05) is 0 Å². The van der Waals surface area contributed by atoms with E-state index in [0.29, 0.717) is 5.92 Å². The Kier molecular flexibility index (Phi) is 10.9. The Labute approximate surface area is 459 Å². The summed E-state index contributed by atoms with van der Waals surface area (Å²) in [4.78, 5) is 7.95. The van der Waals surface area contributed by atoms with Crippen molar-refractivity contribution in [1.29, 1.82) is 0 Å². The van der Waals surface area contributed by atoms with E-state index in [0.717, 1.165) is 29.9 Å². The second-order valence-electron chi connectivity index (χ2n) is 28.1. The highest BCUT2D eigenvalue weighted by Gasteiger charge is 2.48. The normalized spacial score (nSPS) is 20.0. The van der Waals surface area contributed by atoms with Crippen LogP contribution in [-0.2, 0) is 32.5 Å². The molecule has 5 heteroatoms. The number of anilines is 9. The SMILES string of the molecule is CC1CCC(C)(C)c2cc3c4c(sc3cc21)B1c2cc(C(C)(C)C)ccc2N(c2ccc3c(c2)C(C)(C)CCC3(C)C)c2cc(N(c3ccccc3)c3ccccc3)cc(c21)N4c1ccc2c(c1)C(C)(C)CCC2(C)C. The Hall–Kier alpha value is -6.04. The molecule has 0 saturated heterocycles. The fraction of sp³-hybridized carbons (Fsp3) is 0.380. The lowest BCUT2D eigenvalue weighted by atomic mass is 9.36. The Morgan fingerprint density at radius 2 is 1.01 bits per heavy atom. The molecule has 3 heterocycles. The Bertz CT molecular complexity index is 3620. The first-order valence-corrected chi connectivity index (χ1v) is 29.5. The summed E-state index contributed by atoms with van der Waals surface area (Å²) in [5, 5.41) is 1.38. The minimum absolute atomic E-state index is 0.00150. The zero-order valence-corrected chi connectivity index (χ0v) is 48.7. The zero-order valence-electron chi connectivity index (χ0n) is 47.9. The van der Waals surface area contributed by atoms with Gasteiger partial charge in [-0.25, -0.2) is 0 Å². The first-order chi connectivity index (χ1) is 35.9. The van der Waals surface area contributed by atoms with Crippen molar-refractivity contribution in [2.75, 3.05) is 14.7 Å². The van der Waals surface area contributed by atoms with Gasteiger partial charge in [-0.15, -0.1) is 11.3 Å². The average Bonchev–Trinajstić information content (AvgIpc) is 3.90. The van der Waals surface area contributed by atoms with Crippen molar-refractivity contribution in [3.05, 3.63) is 178 Å². The minimum Gasteiger partial charge on any atom is -0.311 e. The predicted molar refractivity (Wildman–Crippen MR) is 330 cm³/mol. The van der Waals surface area contributed by atoms with Crippen molar-refractivity contribution in [3.8, 4) is 0 Å². The van der Waals surface area contributed by atoms with E-state index in [1.165, 1.54) is 125 Å². The fourth-order valence-electron chi connectivity index (χ4n) is 14.6. The summed E-state index contributed by atoms with van der Waals surface area (Å²) in [6, 6.07) is 55.3. The molecule has 0 spiro atoms. The Morgan fingerprint density at radius 3 is 1.57 bits per heavy atom. The first kappa shape index (κ1) is 49.5. The number of nitrogens with zero attached hydrogens (tertiary/aromatic N) is 3. The van der Waals surface area contributed by atoms with Crippen LogP contribution in [0.2, 0.25) is 0 Å². The number of thiophene rings is 1. The molecule has 386 valence electrons. The van der Waals surface area contributed by atoms with Crippen LogP contribution in [0.1, 0.15) is 180 Å². The van der Waals surface area contributed by atoms with Crippen LogP contribution in [0.3, 0.4) is 0 Å². The van der Waals surface area contributed by atoms with E-state index in [1.54, 1.807) is 0 Å². The summed E-state index contributed by atoms with van der Waals surface area (Å²) in [7, 11) is 0. The molecule has 0 fully saturated rings. The summed E-state index contributed by atoms with van der Waals surface area (Å²) < 4.78 is 2.85. The van der Waals surface area contributed by atoms with Crippen molar-refractivity contribution in [2.45, 2.75) is 174 Å². The molecular formula is C71H78BN3S. The van der Waals surface area contributed by atoms with Crippen LogP contribution in [0.25, 0.3) is 10.1 Å². The fourth-order valence-corrected chi connectivity index (χ4v) is 15.9. The largest absolute Gasteiger partial charge is 0.311 e. The standard InChI is InChI=1S/C71H78BN3S/c1-44-31-32-67(5,6)55-42-52-62(43-51(44)55)76-65-64(52)75(49-27-29-54-57(39-49)71(13,14)36-34-69(54,9)10)61-41-50(73(46-21-17-15-18-22-46)47-23-19-16-20-24-47)40-60-63(61)72(65)58-37-45(66(2,3)4)25-30-59(58)74(60)48-26-28-53-56(38-48)70(11,12)35-33-68(53,7)8/h15-30,37-44H,31-36H2,1-14H3. The third-order valence-electron chi connectivity index (χ3n) is 19.6. The molecule has 3 nitrogen and oxygen atoms in total. The van der Waals surface area contributed by atoms with Crippen LogP contribution < -0.4 is 30.4 Å². The van der Waals surface area contributed by atoms with Gasteiger partial charge in [0.05, 0.1) is 11.4 Å². The summed E-state index contributed by atoms with van der Waals surface area (Å²) in [5.41, 5.74) is 24.5. The van der Waals surface area contributed by atoms with Crippen molar-refractivity contribution in [2.24, 2.45) is 0 Å². The van der Waals surface area contributed by atoms with Crippen LogP contribution in [0.15, 0.2) is 140 Å². The zero-order chi connectivity index (χ0) is 53.2. The van der Waals surface area contributed by atoms with Gasteiger partial charge in [0.15, 0.2) is 0 Å². The van der Waals surface area contributed by atoms with Gasteiger partial charge >= 0.3 is 0 Å². The van der Waals surface area contributed by atoms with Gasteiger partial charge < -0.3 is 14.7 Å². The summed E-state index contributed by atoms with van der Waals surface area (Å²) >= 11 is 2.07. The van der Waals surface area contributed by atoms with Gasteiger partial charge in [0.1, 0.15) is 0 Å². The van der Waals surface area contributed by atoms with Gasteiger partial charge in [-0.05, 0) is 206 Å². The topological polar surface area (TPSA) is 9.72 Å². The van der Waals surface area contributed by atoms with E-state index in [9.17, 15) is 0 Å². The lowest BCUT2D eigenvalue weighted by Gasteiger charge is -2.46. The molecule has 2 aliphatic heterocycles. The molecule has 0 radical (unpaired) electrons. The van der Waals surface area contributed by atoms with Crippen molar-refractivity contribution in [1.82, 2.24) is 0 Å². The summed E-state index contributed by atoms with van der Waals surface area (Å²) in [6.45, 7) is 34.4. The summed E-state index contributed by atoms with van der Waals surface area (Å²) in [6.07, 6.45) is 7.11. The third-order valence-corrected chi connectivity index (χ3v) is 20.8. The second kappa shape index (κ2) is 16.7. The number of hydrogen-bond donors (Lipinski definition) is 0. The van der Waals surface area contributed by atoms with Crippen LogP contribution >= 0.6 is 11.3 Å². The van der Waals surface area contributed by atoms with Crippen molar-refractivity contribution in [3.63, 3.8) is 0 Å². The number of para-hydroxylation sites is 2. The molecular weight excluding hydrogens is 938 g/mol. The van der Waals surface area contributed by atoms with E-state index >= 15 is 0 Å². The molecule has 1 atom stereocenters. The Balaban J connectivity index is 1.20. The molecule has 0 bridgehead atoms. The second-order valence-corrected chi connectivity index (χ2v) is 29.2. The van der Waals surface area contributed by atoms with Crippen LogP contribution in [0.5, 0.6) is 0 Å². The number of hydrogen-bond acceptors (Lipinski definition) is 4. The van der Waals surface area contributed by atoms with Gasteiger partial charge in [0.25, 0.3) is 6.71 Å². The number of rotatable bonds is 5. The monoisotopic (exact) mass is 1020 g/mol. The molecule has 8 aromatic rings. The number of benzene rings is 7. The lowest BCUT2D eigenvalue weighted by Crippen LogP contribution is -2.60. The highest BCUT2D eigenvalue weighted by atomic mass is 32.1. The molecule has 0 N–H and O–H groups in total. The molecule has 1 unspecified atom stereocenters. The van der Waals surface area contributed by atoms with Gasteiger partial charge in [-0.1, -0.05) is 158 Å². The highest BCUT2D eigenvalue weighted by molar-refractivity contribution is 7.33. The molecule has 0 amide bonds. The van der Waals surface area contributed by atoms with Gasteiger partial charge in [0.2, 0.25) is 0 Å². The molecule has 3 aliphatic carbocycles. The average molecular weight is 1020 g/mol. The van der Waals surface area contributed by atoms with E-state index < -0.39 is 0 Å². The molecule has 76 heavy (non-hydrogen) atoms.